The molecule has 2 unspecified atom stereocenters. The highest BCUT2D eigenvalue weighted by Gasteiger charge is 2.11. The van der Waals surface area contributed by atoms with Gasteiger partial charge in [0.25, 0.3) is 0 Å². The summed E-state index contributed by atoms with van der Waals surface area (Å²) in [5.41, 5.74) is 0. The lowest BCUT2D eigenvalue weighted by molar-refractivity contribution is 0.274. The van der Waals surface area contributed by atoms with Crippen molar-refractivity contribution in [3.63, 3.8) is 0 Å². The normalized spacial score (nSPS) is 16.8. The van der Waals surface area contributed by atoms with Gasteiger partial charge in [0.15, 0.2) is 0 Å². The molecule has 0 aliphatic rings. The molecule has 78 valence electrons. The van der Waals surface area contributed by atoms with Crippen LogP contribution in [0.2, 0.25) is 0 Å². The average Bonchev–Trinajstić information content (AvgIpc) is 2.19. The quantitative estimate of drug-likeness (QED) is 0.642. The number of nitrogens with one attached hydrogen (secondary N) is 1. The summed E-state index contributed by atoms with van der Waals surface area (Å²) >= 11 is 0. The maximum Gasteiger partial charge on any atom is 0.0928 e. The number of hydrogen-bond donors (Lipinski definition) is 1. The van der Waals surface area contributed by atoms with E-state index in [2.05, 4.69) is 32.2 Å². The van der Waals surface area contributed by atoms with Crippen molar-refractivity contribution >= 4 is 0 Å². The van der Waals surface area contributed by atoms with Gasteiger partial charge in [-0.3, -0.25) is 0 Å². The van der Waals surface area contributed by atoms with E-state index in [0.717, 1.165) is 12.2 Å². The number of allylic oxidation sites excluding steroid dienone is 1. The highest BCUT2D eigenvalue weighted by Crippen LogP contribution is 2.12. The van der Waals surface area contributed by atoms with Crippen LogP contribution in [-0.4, -0.2) is 20.2 Å². The minimum atomic E-state index is 0.430. The molecule has 0 aliphatic carbocycles. The van der Waals surface area contributed by atoms with E-state index in [9.17, 15) is 0 Å². The van der Waals surface area contributed by atoms with Gasteiger partial charge in [-0.15, -0.1) is 0 Å². The lowest BCUT2D eigenvalue weighted by atomic mass is 9.98. The Morgan fingerprint density at radius 2 is 2.08 bits per heavy atom. The Balaban J connectivity index is 4.31. The molecule has 0 aliphatic heterocycles. The number of hydrogen-bond acceptors (Lipinski definition) is 2. The predicted octanol–water partition coefficient (Wildman–Crippen LogP) is 2.56. The monoisotopic (exact) mass is 185 g/mol. The van der Waals surface area contributed by atoms with E-state index in [1.165, 1.54) is 6.42 Å². The van der Waals surface area contributed by atoms with Crippen LogP contribution in [0.3, 0.4) is 0 Å². The van der Waals surface area contributed by atoms with Gasteiger partial charge in [-0.2, -0.15) is 0 Å². The first-order valence-electron chi connectivity index (χ1n) is 5.11. The fourth-order valence-electron chi connectivity index (χ4n) is 1.32. The first-order chi connectivity index (χ1) is 6.19. The molecule has 2 atom stereocenters. The van der Waals surface area contributed by atoms with E-state index >= 15 is 0 Å². The second-order valence-corrected chi connectivity index (χ2v) is 3.39. The summed E-state index contributed by atoms with van der Waals surface area (Å²) in [7, 11) is 3.73. The number of methoxy groups -OCH3 is 1. The van der Waals surface area contributed by atoms with Gasteiger partial charge in [0.1, 0.15) is 0 Å². The van der Waals surface area contributed by atoms with Crippen LogP contribution in [0.5, 0.6) is 0 Å². The molecule has 0 saturated carbocycles. The first-order valence-corrected chi connectivity index (χ1v) is 5.11. The molecule has 0 aromatic heterocycles. The molecular formula is C11H23NO. The van der Waals surface area contributed by atoms with Crippen molar-refractivity contribution < 1.29 is 4.74 Å². The molecule has 0 aromatic carbocycles. The Morgan fingerprint density at radius 1 is 1.46 bits per heavy atom. The molecule has 0 aromatic rings. The van der Waals surface area contributed by atoms with Crippen molar-refractivity contribution in [2.75, 3.05) is 14.2 Å². The lowest BCUT2D eigenvalue weighted by Crippen LogP contribution is -2.30. The van der Waals surface area contributed by atoms with E-state index in [0.29, 0.717) is 12.0 Å². The summed E-state index contributed by atoms with van der Waals surface area (Å²) < 4.78 is 5.25. The van der Waals surface area contributed by atoms with E-state index in [1.54, 1.807) is 7.11 Å². The number of likely N-dealkylation sites (N-methyl/N-ethyl adjacent to an activating group) is 1. The molecule has 2 nitrogen and oxygen atoms in total. The van der Waals surface area contributed by atoms with Crippen LogP contribution in [0.4, 0.5) is 0 Å². The molecular weight excluding hydrogens is 162 g/mol. The van der Waals surface area contributed by atoms with Crippen LogP contribution in [0.1, 0.15) is 33.6 Å². The summed E-state index contributed by atoms with van der Waals surface area (Å²) in [6.07, 6.45) is 4.34. The van der Waals surface area contributed by atoms with Crippen LogP contribution in [0.15, 0.2) is 11.8 Å². The Morgan fingerprint density at radius 3 is 2.38 bits per heavy atom. The molecule has 1 N–H and O–H groups in total. The third-order valence-electron chi connectivity index (χ3n) is 2.57. The van der Waals surface area contributed by atoms with Crippen LogP contribution in [-0.2, 0) is 4.74 Å². The standard InChI is InChI=1S/C11H23NO/c1-6-9(3)11(12-4)8-10(7-2)13-5/h8-9,11-12H,6-7H2,1-5H3/b10-8+. The lowest BCUT2D eigenvalue weighted by Gasteiger charge is -2.19. The second kappa shape index (κ2) is 6.96. The molecule has 13 heavy (non-hydrogen) atoms. The largest absolute Gasteiger partial charge is 0.501 e. The zero-order valence-electron chi connectivity index (χ0n) is 9.55. The minimum Gasteiger partial charge on any atom is -0.501 e. The minimum absolute atomic E-state index is 0.430. The smallest absolute Gasteiger partial charge is 0.0928 e. The van der Waals surface area contributed by atoms with Gasteiger partial charge < -0.3 is 10.1 Å². The van der Waals surface area contributed by atoms with Crippen molar-refractivity contribution in [1.82, 2.24) is 5.32 Å². The van der Waals surface area contributed by atoms with Crippen LogP contribution in [0.25, 0.3) is 0 Å². The maximum atomic E-state index is 5.25. The summed E-state index contributed by atoms with van der Waals surface area (Å²) in [5, 5.41) is 3.30. The Labute approximate surface area is 82.4 Å². The average molecular weight is 185 g/mol. The van der Waals surface area contributed by atoms with Crippen LogP contribution in [0, 0.1) is 5.92 Å². The maximum absolute atomic E-state index is 5.25. The second-order valence-electron chi connectivity index (χ2n) is 3.39. The Kier molecular flexibility index (Phi) is 6.69. The fraction of sp³-hybridized carbons (Fsp3) is 0.818. The zero-order chi connectivity index (χ0) is 10.3. The Hall–Kier alpha value is -0.500. The molecule has 0 amide bonds. The van der Waals surface area contributed by atoms with E-state index in [1.807, 2.05) is 7.05 Å². The van der Waals surface area contributed by atoms with Gasteiger partial charge in [-0.05, 0) is 19.0 Å². The summed E-state index contributed by atoms with van der Waals surface area (Å²) in [5.74, 6) is 1.72. The predicted molar refractivity (Wildman–Crippen MR) is 57.7 cm³/mol. The SMILES string of the molecule is CC/C(=C\C(NC)C(C)CC)OC. The first kappa shape index (κ1) is 12.5. The van der Waals surface area contributed by atoms with Crippen molar-refractivity contribution in [2.45, 2.75) is 39.7 Å². The number of rotatable bonds is 6. The molecule has 0 radical (unpaired) electrons. The highest BCUT2D eigenvalue weighted by molar-refractivity contribution is 5.01. The molecule has 0 spiro atoms. The van der Waals surface area contributed by atoms with Crippen molar-refractivity contribution in [3.8, 4) is 0 Å². The van der Waals surface area contributed by atoms with E-state index in [4.69, 9.17) is 4.74 Å². The number of ether oxygens (including phenoxy) is 1. The molecule has 0 heterocycles. The molecule has 0 fully saturated rings. The summed E-state index contributed by atoms with van der Waals surface area (Å²) in [6.45, 7) is 6.57. The highest BCUT2D eigenvalue weighted by atomic mass is 16.5. The van der Waals surface area contributed by atoms with Crippen LogP contribution < -0.4 is 5.32 Å². The summed E-state index contributed by atoms with van der Waals surface area (Å²) in [6, 6.07) is 0.430. The van der Waals surface area contributed by atoms with Gasteiger partial charge in [-0.25, -0.2) is 0 Å². The zero-order valence-corrected chi connectivity index (χ0v) is 9.55. The van der Waals surface area contributed by atoms with Gasteiger partial charge in [0, 0.05) is 12.5 Å². The third kappa shape index (κ3) is 4.32. The van der Waals surface area contributed by atoms with Crippen molar-refractivity contribution in [1.29, 1.82) is 0 Å². The Bertz CT molecular complexity index is 148. The van der Waals surface area contributed by atoms with E-state index < -0.39 is 0 Å². The topological polar surface area (TPSA) is 21.3 Å². The van der Waals surface area contributed by atoms with E-state index in [-0.39, 0.29) is 0 Å². The van der Waals surface area contributed by atoms with Crippen molar-refractivity contribution in [3.05, 3.63) is 11.8 Å². The van der Waals surface area contributed by atoms with Gasteiger partial charge in [0.2, 0.25) is 0 Å². The van der Waals surface area contributed by atoms with Gasteiger partial charge >= 0.3 is 0 Å². The molecule has 0 bridgehead atoms. The van der Waals surface area contributed by atoms with Gasteiger partial charge in [0.05, 0.1) is 12.9 Å². The molecule has 0 saturated heterocycles. The van der Waals surface area contributed by atoms with Crippen molar-refractivity contribution in [2.24, 2.45) is 5.92 Å². The van der Waals surface area contributed by atoms with Crippen LogP contribution >= 0.6 is 0 Å². The fourth-order valence-corrected chi connectivity index (χ4v) is 1.32. The third-order valence-corrected chi connectivity index (χ3v) is 2.57. The van der Waals surface area contributed by atoms with Gasteiger partial charge in [-0.1, -0.05) is 27.2 Å². The molecule has 2 heteroatoms. The summed E-state index contributed by atoms with van der Waals surface area (Å²) in [4.78, 5) is 0. The molecule has 0 rings (SSSR count).